The summed E-state index contributed by atoms with van der Waals surface area (Å²) in [4.78, 5) is 5.76. The molecule has 2 N–H and O–H groups in total. The SMILES string of the molecule is Cn1ccnc1C(NC1CC(O)C1(C)C)c1cccs1. The van der Waals surface area contributed by atoms with E-state index >= 15 is 0 Å². The Kier molecular flexibility index (Phi) is 3.44. The van der Waals surface area contributed by atoms with Gasteiger partial charge in [-0.3, -0.25) is 5.32 Å². The van der Waals surface area contributed by atoms with Crippen LogP contribution in [0.25, 0.3) is 0 Å². The van der Waals surface area contributed by atoms with Gasteiger partial charge in [0, 0.05) is 35.8 Å². The van der Waals surface area contributed by atoms with Crippen LogP contribution in [0.2, 0.25) is 0 Å². The zero-order valence-corrected chi connectivity index (χ0v) is 12.9. The highest BCUT2D eigenvalue weighted by Gasteiger charge is 2.48. The molecule has 0 saturated heterocycles. The number of aryl methyl sites for hydroxylation is 1. The van der Waals surface area contributed by atoms with Crippen molar-refractivity contribution in [1.29, 1.82) is 0 Å². The predicted octanol–water partition coefficient (Wildman–Crippen LogP) is 2.32. The monoisotopic (exact) mass is 291 g/mol. The van der Waals surface area contributed by atoms with Crippen LogP contribution in [0.15, 0.2) is 29.9 Å². The van der Waals surface area contributed by atoms with E-state index in [2.05, 4.69) is 46.2 Å². The number of thiophene rings is 1. The van der Waals surface area contributed by atoms with E-state index in [0.717, 1.165) is 12.2 Å². The molecule has 2 aromatic heterocycles. The highest BCUT2D eigenvalue weighted by atomic mass is 32.1. The predicted molar refractivity (Wildman–Crippen MR) is 80.7 cm³/mol. The highest BCUT2D eigenvalue weighted by molar-refractivity contribution is 7.10. The Labute approximate surface area is 123 Å². The summed E-state index contributed by atoms with van der Waals surface area (Å²) >= 11 is 1.74. The third-order valence-electron chi connectivity index (χ3n) is 4.53. The molecule has 20 heavy (non-hydrogen) atoms. The van der Waals surface area contributed by atoms with Crippen LogP contribution < -0.4 is 5.32 Å². The van der Waals surface area contributed by atoms with Crippen molar-refractivity contribution in [2.45, 2.75) is 38.5 Å². The average molecular weight is 291 g/mol. The van der Waals surface area contributed by atoms with E-state index in [1.165, 1.54) is 4.88 Å². The molecule has 2 aromatic rings. The molecule has 5 heteroatoms. The molecule has 108 valence electrons. The van der Waals surface area contributed by atoms with Gasteiger partial charge in [0.15, 0.2) is 0 Å². The lowest BCUT2D eigenvalue weighted by Crippen LogP contribution is -2.60. The second-order valence-electron chi connectivity index (χ2n) is 6.14. The summed E-state index contributed by atoms with van der Waals surface area (Å²) in [5.74, 6) is 1.02. The second-order valence-corrected chi connectivity index (χ2v) is 7.12. The topological polar surface area (TPSA) is 50.1 Å². The van der Waals surface area contributed by atoms with Gasteiger partial charge in [0.25, 0.3) is 0 Å². The van der Waals surface area contributed by atoms with E-state index < -0.39 is 0 Å². The van der Waals surface area contributed by atoms with Crippen LogP contribution in [0, 0.1) is 5.41 Å². The van der Waals surface area contributed by atoms with E-state index in [1.807, 2.05) is 19.4 Å². The van der Waals surface area contributed by atoms with Crippen LogP contribution >= 0.6 is 11.3 Å². The fraction of sp³-hybridized carbons (Fsp3) is 0.533. The van der Waals surface area contributed by atoms with Crippen molar-refractivity contribution in [3.8, 4) is 0 Å². The van der Waals surface area contributed by atoms with Gasteiger partial charge in [0.2, 0.25) is 0 Å². The van der Waals surface area contributed by atoms with Crippen molar-refractivity contribution >= 4 is 11.3 Å². The average Bonchev–Trinajstić information content (AvgIpc) is 3.06. The Morgan fingerprint density at radius 2 is 2.35 bits per heavy atom. The van der Waals surface area contributed by atoms with Gasteiger partial charge >= 0.3 is 0 Å². The van der Waals surface area contributed by atoms with Gasteiger partial charge < -0.3 is 9.67 Å². The van der Waals surface area contributed by atoms with Gasteiger partial charge in [0.05, 0.1) is 6.10 Å². The lowest BCUT2D eigenvalue weighted by molar-refractivity contribution is -0.0749. The molecular weight excluding hydrogens is 270 g/mol. The van der Waals surface area contributed by atoms with Crippen LogP contribution in [0.5, 0.6) is 0 Å². The number of hydrogen-bond acceptors (Lipinski definition) is 4. The summed E-state index contributed by atoms with van der Waals surface area (Å²) in [6, 6.07) is 4.60. The number of rotatable bonds is 4. The first kappa shape index (κ1) is 13.8. The summed E-state index contributed by atoms with van der Waals surface area (Å²) in [6.45, 7) is 4.23. The molecule has 1 aliphatic carbocycles. The minimum absolute atomic E-state index is 0.0827. The van der Waals surface area contributed by atoms with Gasteiger partial charge in [-0.1, -0.05) is 19.9 Å². The smallest absolute Gasteiger partial charge is 0.131 e. The molecule has 0 amide bonds. The molecule has 0 aromatic carbocycles. The normalized spacial score (nSPS) is 26.2. The lowest BCUT2D eigenvalue weighted by atomic mass is 9.64. The maximum Gasteiger partial charge on any atom is 0.131 e. The Morgan fingerprint density at radius 3 is 2.85 bits per heavy atom. The number of imidazole rings is 1. The van der Waals surface area contributed by atoms with Crippen LogP contribution in [-0.2, 0) is 7.05 Å². The summed E-state index contributed by atoms with van der Waals surface area (Å²) in [6.07, 6.45) is 4.39. The summed E-state index contributed by atoms with van der Waals surface area (Å²) in [5.41, 5.74) is -0.0827. The summed E-state index contributed by atoms with van der Waals surface area (Å²) < 4.78 is 2.06. The Hall–Kier alpha value is -1.17. The molecule has 1 saturated carbocycles. The maximum atomic E-state index is 9.92. The summed E-state index contributed by atoms with van der Waals surface area (Å²) in [7, 11) is 2.02. The number of aliphatic hydroxyl groups is 1. The first-order valence-electron chi connectivity index (χ1n) is 6.95. The fourth-order valence-electron chi connectivity index (χ4n) is 2.78. The Balaban J connectivity index is 1.87. The number of aromatic nitrogens is 2. The standard InChI is InChI=1S/C15H21N3OS/c1-15(2)11(9-12(15)19)17-13(10-5-4-8-20-10)14-16-6-7-18(14)3/h4-8,11-13,17,19H,9H2,1-3H3. The van der Waals surface area contributed by atoms with E-state index in [1.54, 1.807) is 11.3 Å². The van der Waals surface area contributed by atoms with Gasteiger partial charge in [-0.05, 0) is 17.9 Å². The van der Waals surface area contributed by atoms with E-state index in [4.69, 9.17) is 0 Å². The molecule has 1 aliphatic rings. The minimum Gasteiger partial charge on any atom is -0.392 e. The quantitative estimate of drug-likeness (QED) is 0.909. The van der Waals surface area contributed by atoms with E-state index in [9.17, 15) is 5.11 Å². The van der Waals surface area contributed by atoms with Crippen LogP contribution in [0.1, 0.15) is 37.0 Å². The maximum absolute atomic E-state index is 9.92. The molecular formula is C15H21N3OS. The number of nitrogens with one attached hydrogen (secondary N) is 1. The van der Waals surface area contributed by atoms with Crippen LogP contribution in [0.4, 0.5) is 0 Å². The first-order chi connectivity index (χ1) is 9.50. The Bertz CT molecular complexity index is 576. The van der Waals surface area contributed by atoms with Crippen molar-refractivity contribution < 1.29 is 5.11 Å². The van der Waals surface area contributed by atoms with Crippen molar-refractivity contribution in [3.05, 3.63) is 40.6 Å². The number of aliphatic hydroxyl groups excluding tert-OH is 1. The lowest BCUT2D eigenvalue weighted by Gasteiger charge is -2.50. The van der Waals surface area contributed by atoms with Gasteiger partial charge in [-0.2, -0.15) is 0 Å². The molecule has 4 nitrogen and oxygen atoms in total. The largest absolute Gasteiger partial charge is 0.392 e. The molecule has 0 bridgehead atoms. The molecule has 3 unspecified atom stereocenters. The van der Waals surface area contributed by atoms with Crippen LogP contribution in [0.3, 0.4) is 0 Å². The zero-order valence-electron chi connectivity index (χ0n) is 12.1. The number of hydrogen-bond donors (Lipinski definition) is 2. The molecule has 3 atom stereocenters. The van der Waals surface area contributed by atoms with E-state index in [-0.39, 0.29) is 17.6 Å². The van der Waals surface area contributed by atoms with Crippen molar-refractivity contribution in [3.63, 3.8) is 0 Å². The number of nitrogens with zero attached hydrogens (tertiary/aromatic N) is 2. The molecule has 3 rings (SSSR count). The second kappa shape index (κ2) is 4.98. The van der Waals surface area contributed by atoms with Crippen molar-refractivity contribution in [2.75, 3.05) is 0 Å². The first-order valence-corrected chi connectivity index (χ1v) is 7.83. The fourth-order valence-corrected chi connectivity index (χ4v) is 3.56. The third kappa shape index (κ3) is 2.20. The molecule has 0 aliphatic heterocycles. The van der Waals surface area contributed by atoms with Crippen molar-refractivity contribution in [1.82, 2.24) is 14.9 Å². The van der Waals surface area contributed by atoms with Crippen LogP contribution in [-0.4, -0.2) is 26.8 Å². The Morgan fingerprint density at radius 1 is 1.55 bits per heavy atom. The molecule has 2 heterocycles. The molecule has 0 radical (unpaired) electrons. The summed E-state index contributed by atoms with van der Waals surface area (Å²) in [5, 5.41) is 15.7. The minimum atomic E-state index is -0.217. The van der Waals surface area contributed by atoms with E-state index in [0.29, 0.717) is 6.04 Å². The van der Waals surface area contributed by atoms with Gasteiger partial charge in [-0.25, -0.2) is 4.98 Å². The highest BCUT2D eigenvalue weighted by Crippen LogP contribution is 2.42. The molecule has 0 spiro atoms. The third-order valence-corrected chi connectivity index (χ3v) is 5.47. The van der Waals surface area contributed by atoms with Gasteiger partial charge in [-0.15, -0.1) is 11.3 Å². The zero-order chi connectivity index (χ0) is 14.3. The van der Waals surface area contributed by atoms with Crippen molar-refractivity contribution in [2.24, 2.45) is 12.5 Å². The van der Waals surface area contributed by atoms with Gasteiger partial charge in [0.1, 0.15) is 11.9 Å². The molecule has 1 fully saturated rings.